The van der Waals surface area contributed by atoms with Crippen molar-refractivity contribution in [2.24, 2.45) is 0 Å². The molecule has 0 aliphatic carbocycles. The lowest BCUT2D eigenvalue weighted by atomic mass is 10.1. The first-order valence-corrected chi connectivity index (χ1v) is 13.1. The van der Waals surface area contributed by atoms with Gasteiger partial charge in [0.25, 0.3) is 0 Å². The van der Waals surface area contributed by atoms with Gasteiger partial charge in [0.1, 0.15) is 11.5 Å². The minimum absolute atomic E-state index is 0.245. The third kappa shape index (κ3) is 11.8. The van der Waals surface area contributed by atoms with Gasteiger partial charge in [-0.05, 0) is 25.0 Å². The van der Waals surface area contributed by atoms with E-state index in [4.69, 9.17) is 9.47 Å². The lowest BCUT2D eigenvalue weighted by Gasteiger charge is -2.24. The molecule has 0 amide bonds. The Morgan fingerprint density at radius 2 is 1.12 bits per heavy atom. The fourth-order valence-electron chi connectivity index (χ4n) is 3.11. The molecular weight excluding hydrogens is 443 g/mol. The molecule has 0 bridgehead atoms. The van der Waals surface area contributed by atoms with Gasteiger partial charge in [0.2, 0.25) is 0 Å². The molecule has 0 aromatic heterocycles. The number of rotatable bonds is 18. The first-order chi connectivity index (χ1) is 15.2. The predicted molar refractivity (Wildman–Crippen MR) is 122 cm³/mol. The number of unbranched alkanes of at least 4 members (excludes halogenated alkanes) is 10. The molecule has 0 saturated heterocycles. The molecule has 0 aliphatic heterocycles. The van der Waals surface area contributed by atoms with Crippen molar-refractivity contribution in [2.75, 3.05) is 13.2 Å². The molecule has 9 heteroatoms. The molecule has 0 atom stereocenters. The molecule has 0 heterocycles. The summed E-state index contributed by atoms with van der Waals surface area (Å²) in [6.45, 7) is 5.06. The average Bonchev–Trinajstić information content (AvgIpc) is 2.71. The Labute approximate surface area is 191 Å². The van der Waals surface area contributed by atoms with Gasteiger partial charge in [-0.15, -0.1) is 5.69 Å². The maximum absolute atomic E-state index is 12.7. The number of benzene rings is 1. The highest BCUT2D eigenvalue weighted by molar-refractivity contribution is 7.95. The van der Waals surface area contributed by atoms with Gasteiger partial charge in [-0.3, -0.25) is 0 Å². The molecule has 0 aliphatic rings. The molecule has 0 saturated carbocycles. The lowest BCUT2D eigenvalue weighted by Crippen LogP contribution is -2.20. The van der Waals surface area contributed by atoms with Crippen LogP contribution in [0.2, 0.25) is 0 Å². The molecule has 186 valence electrons. The summed E-state index contributed by atoms with van der Waals surface area (Å²) in [6.07, 6.45) is 12.8. The zero-order valence-electron chi connectivity index (χ0n) is 19.3. The summed E-state index contributed by atoms with van der Waals surface area (Å²) in [5.41, 5.74) is -5.82. The highest BCUT2D eigenvalue weighted by Crippen LogP contribution is 2.38. The van der Waals surface area contributed by atoms with Crippen molar-refractivity contribution in [1.82, 2.24) is 0 Å². The zero-order chi connectivity index (χ0) is 23.9. The Morgan fingerprint density at radius 1 is 0.719 bits per heavy atom. The highest BCUT2D eigenvalue weighted by atomic mass is 32.2. The van der Waals surface area contributed by atoms with Crippen LogP contribution in [0.25, 0.3) is 4.72 Å². The monoisotopic (exact) mass is 480 g/mol. The van der Waals surface area contributed by atoms with Crippen molar-refractivity contribution in [2.45, 2.75) is 96.4 Å². The second kappa shape index (κ2) is 15.2. The van der Waals surface area contributed by atoms with E-state index < -0.39 is 15.5 Å². The van der Waals surface area contributed by atoms with E-state index in [0.717, 1.165) is 64.2 Å². The van der Waals surface area contributed by atoms with E-state index in [-0.39, 0.29) is 17.2 Å². The average molecular weight is 481 g/mol. The van der Waals surface area contributed by atoms with Crippen LogP contribution in [0.3, 0.4) is 0 Å². The first-order valence-electron chi connectivity index (χ1n) is 11.6. The summed E-state index contributed by atoms with van der Waals surface area (Å²) >= 11 is 0. The van der Waals surface area contributed by atoms with Crippen LogP contribution in [0.4, 0.5) is 18.9 Å². The van der Waals surface area contributed by atoms with Crippen LogP contribution in [0.5, 0.6) is 11.5 Å². The van der Waals surface area contributed by atoms with Crippen LogP contribution in [-0.2, 0) is 10.0 Å². The Morgan fingerprint density at radius 3 is 1.53 bits per heavy atom. The van der Waals surface area contributed by atoms with Gasteiger partial charge in [0.05, 0.1) is 13.2 Å². The molecule has 5 nitrogen and oxygen atoms in total. The Hall–Kier alpha value is -1.64. The summed E-state index contributed by atoms with van der Waals surface area (Å²) in [6, 6.07) is 3.95. The molecule has 32 heavy (non-hydrogen) atoms. The van der Waals surface area contributed by atoms with Crippen molar-refractivity contribution in [3.8, 4) is 11.5 Å². The summed E-state index contributed by atoms with van der Waals surface area (Å²) < 4.78 is 75.3. The minimum atomic E-state index is -5.65. The van der Waals surface area contributed by atoms with Crippen molar-refractivity contribution >= 4 is 15.7 Å². The smallest absolute Gasteiger partial charge is 0.483 e. The quantitative estimate of drug-likeness (QED) is 0.200. The molecule has 1 aromatic carbocycles. The maximum Gasteiger partial charge on any atom is 0.483 e. The van der Waals surface area contributed by atoms with Crippen LogP contribution < -0.4 is 9.47 Å². The summed E-state index contributed by atoms with van der Waals surface area (Å²) in [5, 5.41) is 0. The molecule has 0 radical (unpaired) electrons. The molecule has 0 unspecified atom stereocenters. The van der Waals surface area contributed by atoms with Gasteiger partial charge in [0, 0.05) is 6.07 Å². The number of sulfonamides is 1. The number of ether oxygens (including phenoxy) is 2. The van der Waals surface area contributed by atoms with E-state index in [1.54, 1.807) is 6.07 Å². The number of halogens is 3. The third-order valence-electron chi connectivity index (χ3n) is 4.92. The molecular formula is C23H37F3NO4S-. The van der Waals surface area contributed by atoms with Crippen LogP contribution in [-0.4, -0.2) is 27.1 Å². The largest absolute Gasteiger partial charge is 0.569 e. The summed E-state index contributed by atoms with van der Waals surface area (Å²) in [4.78, 5) is 0. The van der Waals surface area contributed by atoms with Gasteiger partial charge < -0.3 is 14.2 Å². The van der Waals surface area contributed by atoms with E-state index in [1.165, 1.54) is 25.0 Å². The minimum Gasteiger partial charge on any atom is -0.569 e. The van der Waals surface area contributed by atoms with Crippen molar-refractivity contribution in [3.05, 3.63) is 22.9 Å². The lowest BCUT2D eigenvalue weighted by molar-refractivity contribution is -0.0425. The third-order valence-corrected chi connectivity index (χ3v) is 5.95. The Bertz CT molecular complexity index is 703. The van der Waals surface area contributed by atoms with Gasteiger partial charge >= 0.3 is 5.51 Å². The van der Waals surface area contributed by atoms with Gasteiger partial charge in [0.15, 0.2) is 10.0 Å². The second-order valence-electron chi connectivity index (χ2n) is 7.91. The molecule has 0 N–H and O–H groups in total. The van der Waals surface area contributed by atoms with Crippen LogP contribution >= 0.6 is 0 Å². The number of alkyl halides is 3. The topological polar surface area (TPSA) is 66.7 Å². The van der Waals surface area contributed by atoms with Crippen LogP contribution in [0.1, 0.15) is 90.9 Å². The molecule has 1 aromatic rings. The SMILES string of the molecule is CCCCCCCCOc1cc([N-]S(=O)(=O)C(F)(F)F)cc(OCCCCCCCC)c1. The Balaban J connectivity index is 2.70. The zero-order valence-corrected chi connectivity index (χ0v) is 20.1. The van der Waals surface area contributed by atoms with Gasteiger partial charge in [-0.25, -0.2) is 8.42 Å². The molecule has 1 rings (SSSR count). The van der Waals surface area contributed by atoms with Crippen molar-refractivity contribution < 1.29 is 31.1 Å². The summed E-state index contributed by atoms with van der Waals surface area (Å²) in [5.74, 6) is 0.491. The normalized spacial score (nSPS) is 12.0. The fraction of sp³-hybridized carbons (Fsp3) is 0.739. The van der Waals surface area contributed by atoms with E-state index in [2.05, 4.69) is 18.6 Å². The summed E-state index contributed by atoms with van der Waals surface area (Å²) in [7, 11) is -5.65. The van der Waals surface area contributed by atoms with Crippen LogP contribution in [0, 0.1) is 0 Å². The number of hydrogen-bond donors (Lipinski definition) is 0. The molecule has 0 spiro atoms. The van der Waals surface area contributed by atoms with E-state index in [1.807, 2.05) is 0 Å². The first kappa shape index (κ1) is 28.4. The van der Waals surface area contributed by atoms with Crippen LogP contribution in [0.15, 0.2) is 18.2 Å². The van der Waals surface area contributed by atoms with Gasteiger partial charge in [-0.1, -0.05) is 78.1 Å². The standard InChI is InChI=1S/C23H37F3NO4S/c1-3-5-7-9-11-13-15-30-21-17-20(27-32(28,29)23(24,25)26)18-22(19-21)31-16-14-12-10-8-6-4-2/h17-19H,3-16H2,1-2H3/q-1. The second-order valence-corrected chi connectivity index (χ2v) is 9.50. The van der Waals surface area contributed by atoms with E-state index >= 15 is 0 Å². The van der Waals surface area contributed by atoms with E-state index in [9.17, 15) is 21.6 Å². The van der Waals surface area contributed by atoms with Gasteiger partial charge in [-0.2, -0.15) is 13.2 Å². The Kier molecular flexibility index (Phi) is 13.5. The predicted octanol–water partition coefficient (Wildman–Crippen LogP) is 8.02. The highest BCUT2D eigenvalue weighted by Gasteiger charge is 2.39. The van der Waals surface area contributed by atoms with E-state index in [0.29, 0.717) is 13.2 Å². The molecule has 0 fully saturated rings. The maximum atomic E-state index is 12.7. The number of nitrogens with zero attached hydrogens (tertiary/aromatic N) is 1. The number of hydrogen-bond acceptors (Lipinski definition) is 4. The van der Waals surface area contributed by atoms with Crippen molar-refractivity contribution in [1.29, 1.82) is 0 Å². The fourth-order valence-corrected chi connectivity index (χ4v) is 3.60. The van der Waals surface area contributed by atoms with Crippen molar-refractivity contribution in [3.63, 3.8) is 0 Å².